The maximum atomic E-state index is 14.2. The molecule has 8 heteroatoms. The van der Waals surface area contributed by atoms with Gasteiger partial charge < -0.3 is 20.3 Å². The Morgan fingerprint density at radius 2 is 1.65 bits per heavy atom. The normalized spacial score (nSPS) is 17.2. The van der Waals surface area contributed by atoms with E-state index in [0.29, 0.717) is 43.1 Å². The van der Waals surface area contributed by atoms with E-state index in [1.807, 2.05) is 42.6 Å². The number of amides is 1. The van der Waals surface area contributed by atoms with Crippen LogP contribution in [0, 0.1) is 0 Å². The fourth-order valence-corrected chi connectivity index (χ4v) is 6.61. The van der Waals surface area contributed by atoms with E-state index >= 15 is 0 Å². The van der Waals surface area contributed by atoms with Crippen molar-refractivity contribution in [1.29, 1.82) is 0 Å². The summed E-state index contributed by atoms with van der Waals surface area (Å²) in [5.41, 5.74) is 5.48. The topological polar surface area (TPSA) is 86.3 Å². The Morgan fingerprint density at radius 1 is 0.980 bits per heavy atom. The van der Waals surface area contributed by atoms with Gasteiger partial charge in [-0.2, -0.15) is 0 Å². The Kier molecular flexibility index (Phi) is 12.3. The van der Waals surface area contributed by atoms with E-state index in [1.165, 1.54) is 11.1 Å². The minimum atomic E-state index is -0.425. The van der Waals surface area contributed by atoms with E-state index in [-0.39, 0.29) is 23.1 Å². The monoisotopic (exact) mass is 663 g/mol. The third kappa shape index (κ3) is 9.60. The molecule has 0 aromatic heterocycles. The number of likely N-dealkylation sites (N-methyl/N-ethyl adjacent to an activating group) is 1. The number of carbonyl (C=O) groups is 2. The summed E-state index contributed by atoms with van der Waals surface area (Å²) < 4.78 is 5.53. The number of hydrogen-bond acceptors (Lipinski definition) is 7. The first-order chi connectivity index (χ1) is 23.7. The maximum Gasteiger partial charge on any atom is 0.255 e. The lowest BCUT2D eigenvalue weighted by molar-refractivity contribution is -0.117. The molecule has 8 nitrogen and oxygen atoms in total. The summed E-state index contributed by atoms with van der Waals surface area (Å²) in [5, 5.41) is 6.81. The Morgan fingerprint density at radius 3 is 2.29 bits per heavy atom. The van der Waals surface area contributed by atoms with Gasteiger partial charge in [-0.3, -0.25) is 19.5 Å². The Labute approximate surface area is 292 Å². The van der Waals surface area contributed by atoms with Crippen molar-refractivity contribution in [3.63, 3.8) is 0 Å². The molecule has 2 aliphatic rings. The molecule has 0 bridgehead atoms. The number of methoxy groups -OCH3 is 1. The molecular formula is C41H53N5O3. The van der Waals surface area contributed by atoms with E-state index in [9.17, 15) is 9.59 Å². The third-order valence-electron chi connectivity index (χ3n) is 9.62. The average Bonchev–Trinajstić information content (AvgIpc) is 3.11. The van der Waals surface area contributed by atoms with Crippen LogP contribution in [-0.2, 0) is 23.2 Å². The van der Waals surface area contributed by atoms with Crippen molar-refractivity contribution in [2.75, 3.05) is 39.8 Å². The number of aliphatic imine (C=N–C) groups is 1. The largest absolute Gasteiger partial charge is 0.496 e. The van der Waals surface area contributed by atoms with Crippen LogP contribution in [0.15, 0.2) is 95.2 Å². The van der Waals surface area contributed by atoms with Crippen LogP contribution in [0.1, 0.15) is 74.0 Å². The number of Topliss-reactive ketones (excluding diaryl/α,β-unsaturated/α-hetero) is 1. The number of hydrogen-bond donors (Lipinski definition) is 2. The van der Waals surface area contributed by atoms with Gasteiger partial charge in [0.15, 0.2) is 0 Å². The summed E-state index contributed by atoms with van der Waals surface area (Å²) >= 11 is 0. The molecule has 0 radical (unpaired) electrons. The lowest BCUT2D eigenvalue weighted by Crippen LogP contribution is -2.47. The summed E-state index contributed by atoms with van der Waals surface area (Å²) in [4.78, 5) is 37.0. The molecule has 1 unspecified atom stereocenters. The van der Waals surface area contributed by atoms with Gasteiger partial charge in [-0.05, 0) is 66.8 Å². The average molecular weight is 664 g/mol. The van der Waals surface area contributed by atoms with Crippen LogP contribution in [0.25, 0.3) is 0 Å². The molecular weight excluding hydrogens is 610 g/mol. The van der Waals surface area contributed by atoms with E-state index < -0.39 is 6.04 Å². The molecule has 0 saturated carbocycles. The zero-order chi connectivity index (χ0) is 34.8. The first-order valence-electron chi connectivity index (χ1n) is 17.8. The van der Waals surface area contributed by atoms with Gasteiger partial charge in [0.25, 0.3) is 5.91 Å². The van der Waals surface area contributed by atoms with Crippen molar-refractivity contribution in [1.82, 2.24) is 20.4 Å². The number of nitrogens with zero attached hydrogens (tertiary/aromatic N) is 3. The zero-order valence-corrected chi connectivity index (χ0v) is 29.9. The van der Waals surface area contributed by atoms with Gasteiger partial charge in [-0.15, -0.1) is 0 Å². The fraction of sp³-hybridized carbons (Fsp3) is 0.439. The molecule has 1 saturated heterocycles. The highest BCUT2D eigenvalue weighted by atomic mass is 16.5. The molecule has 1 fully saturated rings. The van der Waals surface area contributed by atoms with Crippen LogP contribution in [0.2, 0.25) is 0 Å². The second kappa shape index (κ2) is 16.8. The van der Waals surface area contributed by atoms with Crippen LogP contribution in [0.3, 0.4) is 0 Å². The minimum Gasteiger partial charge on any atom is -0.496 e. The SMILES string of the molecule is CCN(CCNC(=O)c1cc(C(C)(C)C)ccc1OC)C1=C(NC2CCN(Cc3ccccc3)CC2)C(=O)C(CCc2ccccc2)N=C1. The van der Waals surface area contributed by atoms with Gasteiger partial charge in [0.1, 0.15) is 17.5 Å². The predicted molar refractivity (Wildman–Crippen MR) is 198 cm³/mol. The molecule has 1 atom stereocenters. The highest BCUT2D eigenvalue weighted by molar-refractivity contribution is 6.07. The summed E-state index contributed by atoms with van der Waals surface area (Å²) in [7, 11) is 1.59. The van der Waals surface area contributed by atoms with Crippen molar-refractivity contribution >= 4 is 17.9 Å². The number of nitrogens with one attached hydrogen (secondary N) is 2. The van der Waals surface area contributed by atoms with Crippen molar-refractivity contribution in [2.24, 2.45) is 4.99 Å². The van der Waals surface area contributed by atoms with Crippen molar-refractivity contribution < 1.29 is 14.3 Å². The molecule has 2 N–H and O–H groups in total. The number of allylic oxidation sites excluding steroid dienone is 1. The van der Waals surface area contributed by atoms with Crippen LogP contribution < -0.4 is 15.4 Å². The summed E-state index contributed by atoms with van der Waals surface area (Å²) in [5.74, 6) is 0.419. The molecule has 3 aromatic rings. The van der Waals surface area contributed by atoms with Crippen LogP contribution in [0.5, 0.6) is 5.75 Å². The van der Waals surface area contributed by atoms with Crippen LogP contribution >= 0.6 is 0 Å². The standard InChI is InChI=1S/C41H53N5O3/c1-6-46(26-23-42-40(48)34-27-32(41(2,3)4)18-20-37(34)49-5)36-28-43-35(19-17-30-13-9-7-10-14-30)39(47)38(36)44-33-21-24-45(25-22-33)29-31-15-11-8-12-16-31/h7-16,18,20,27-28,33,35,44H,6,17,19,21-26,29H2,1-5H3,(H,42,48). The molecule has 2 aliphatic heterocycles. The number of aryl methyl sites for hydroxylation is 1. The number of ether oxygens (including phenoxy) is 1. The van der Waals surface area contributed by atoms with Gasteiger partial charge in [-0.1, -0.05) is 87.5 Å². The Bertz CT molecular complexity index is 1610. The van der Waals surface area contributed by atoms with Crippen molar-refractivity contribution in [2.45, 2.75) is 77.4 Å². The van der Waals surface area contributed by atoms with Crippen LogP contribution in [-0.4, -0.2) is 79.6 Å². The van der Waals surface area contributed by atoms with Gasteiger partial charge in [-0.25, -0.2) is 0 Å². The van der Waals surface area contributed by atoms with E-state index in [1.54, 1.807) is 7.11 Å². The minimum absolute atomic E-state index is 0.0476. The van der Waals surface area contributed by atoms with Crippen molar-refractivity contribution in [3.05, 3.63) is 113 Å². The number of piperidine rings is 1. The number of rotatable bonds is 14. The number of benzene rings is 3. The van der Waals surface area contributed by atoms with Gasteiger partial charge in [0.2, 0.25) is 5.78 Å². The zero-order valence-electron chi connectivity index (χ0n) is 29.9. The molecule has 0 aliphatic carbocycles. The van der Waals surface area contributed by atoms with E-state index in [2.05, 4.69) is 90.6 Å². The quantitative estimate of drug-likeness (QED) is 0.215. The second-order valence-electron chi connectivity index (χ2n) is 14.1. The summed E-state index contributed by atoms with van der Waals surface area (Å²) in [6, 6.07) is 26.4. The van der Waals surface area contributed by atoms with Gasteiger partial charge in [0, 0.05) is 51.5 Å². The van der Waals surface area contributed by atoms with E-state index in [4.69, 9.17) is 9.73 Å². The summed E-state index contributed by atoms with van der Waals surface area (Å²) in [6.07, 6.45) is 5.25. The number of likely N-dealkylation sites (tertiary alicyclic amines) is 1. The lowest BCUT2D eigenvalue weighted by Gasteiger charge is -2.36. The molecule has 49 heavy (non-hydrogen) atoms. The van der Waals surface area contributed by atoms with Gasteiger partial charge >= 0.3 is 0 Å². The number of ketones is 1. The Hall–Kier alpha value is -4.43. The lowest BCUT2D eigenvalue weighted by atomic mass is 9.86. The smallest absolute Gasteiger partial charge is 0.255 e. The molecule has 5 rings (SSSR count). The molecule has 1 amide bonds. The van der Waals surface area contributed by atoms with Gasteiger partial charge in [0.05, 0.1) is 18.4 Å². The fourth-order valence-electron chi connectivity index (χ4n) is 6.61. The van der Waals surface area contributed by atoms with Crippen molar-refractivity contribution in [3.8, 4) is 5.75 Å². The number of carbonyl (C=O) groups excluding carboxylic acids is 2. The first kappa shape index (κ1) is 35.9. The molecule has 0 spiro atoms. The van der Waals surface area contributed by atoms with Crippen LogP contribution in [0.4, 0.5) is 0 Å². The second-order valence-corrected chi connectivity index (χ2v) is 14.1. The molecule has 3 aromatic carbocycles. The molecule has 260 valence electrons. The molecule has 2 heterocycles. The maximum absolute atomic E-state index is 14.2. The third-order valence-corrected chi connectivity index (χ3v) is 9.62. The predicted octanol–water partition coefficient (Wildman–Crippen LogP) is 6.17. The van der Waals surface area contributed by atoms with E-state index in [0.717, 1.165) is 50.2 Å². The highest BCUT2D eigenvalue weighted by Crippen LogP contribution is 2.28. The first-order valence-corrected chi connectivity index (χ1v) is 17.8. The highest BCUT2D eigenvalue weighted by Gasteiger charge is 2.32. The number of dihydropyridines is 1. The Balaban J connectivity index is 1.28. The summed E-state index contributed by atoms with van der Waals surface area (Å²) in [6.45, 7) is 12.9.